The van der Waals surface area contributed by atoms with Crippen LogP contribution < -0.4 is 14.8 Å². The van der Waals surface area contributed by atoms with Gasteiger partial charge in [0.15, 0.2) is 0 Å². The summed E-state index contributed by atoms with van der Waals surface area (Å²) in [5.41, 5.74) is 5.32. The van der Waals surface area contributed by atoms with Crippen LogP contribution in [0.5, 0.6) is 11.5 Å². The molecular formula is C31H27N3O5. The van der Waals surface area contributed by atoms with E-state index in [2.05, 4.69) is 5.32 Å². The number of aliphatic hydroxyl groups is 1. The van der Waals surface area contributed by atoms with Gasteiger partial charge in [-0.05, 0) is 24.3 Å². The molecule has 0 saturated carbocycles. The lowest BCUT2D eigenvalue weighted by atomic mass is 9.95. The summed E-state index contributed by atoms with van der Waals surface area (Å²) >= 11 is 0. The number of nitrogens with zero attached hydrogens (tertiary/aromatic N) is 2. The van der Waals surface area contributed by atoms with Gasteiger partial charge in [0.25, 0.3) is 11.8 Å². The zero-order valence-electron chi connectivity index (χ0n) is 21.8. The molecule has 39 heavy (non-hydrogen) atoms. The van der Waals surface area contributed by atoms with Crippen LogP contribution in [0, 0.1) is 0 Å². The number of rotatable bonds is 7. The Bertz CT molecular complexity index is 1830. The molecule has 0 aliphatic carbocycles. The molecule has 5 aromatic rings. The van der Waals surface area contributed by atoms with E-state index in [0.717, 1.165) is 27.4 Å². The molecule has 0 saturated heterocycles. The number of fused-ring (bicyclic) bond motifs is 2. The number of hydrogen-bond donors (Lipinski definition) is 2. The summed E-state index contributed by atoms with van der Waals surface area (Å²) in [5.74, 6) is 0.318. The van der Waals surface area contributed by atoms with Crippen molar-refractivity contribution in [3.8, 4) is 11.5 Å². The molecule has 1 aliphatic rings. The second kappa shape index (κ2) is 9.49. The molecule has 2 N–H and O–H groups in total. The molecule has 6 rings (SSSR count). The third-order valence-electron chi connectivity index (χ3n) is 7.38. The third kappa shape index (κ3) is 3.80. The van der Waals surface area contributed by atoms with Gasteiger partial charge in [-0.15, -0.1) is 0 Å². The fourth-order valence-electron chi connectivity index (χ4n) is 5.64. The number of ether oxygens (including phenoxy) is 2. The van der Waals surface area contributed by atoms with E-state index >= 15 is 0 Å². The molecule has 0 atom stereocenters. The highest BCUT2D eigenvalue weighted by molar-refractivity contribution is 6.50. The zero-order valence-corrected chi connectivity index (χ0v) is 21.8. The van der Waals surface area contributed by atoms with Gasteiger partial charge >= 0.3 is 0 Å². The van der Waals surface area contributed by atoms with E-state index in [1.54, 1.807) is 26.4 Å². The second-order valence-corrected chi connectivity index (χ2v) is 9.49. The van der Waals surface area contributed by atoms with Crippen molar-refractivity contribution in [2.24, 2.45) is 7.05 Å². The monoisotopic (exact) mass is 521 g/mol. The average Bonchev–Trinajstić information content (AvgIpc) is 3.58. The van der Waals surface area contributed by atoms with E-state index in [4.69, 9.17) is 9.47 Å². The normalized spacial score (nSPS) is 13.5. The van der Waals surface area contributed by atoms with Gasteiger partial charge in [0.05, 0.1) is 44.1 Å². The maximum absolute atomic E-state index is 13.3. The molecular weight excluding hydrogens is 494 g/mol. The number of nitrogens with one attached hydrogen (secondary N) is 1. The third-order valence-corrected chi connectivity index (χ3v) is 7.38. The van der Waals surface area contributed by atoms with E-state index in [0.29, 0.717) is 45.9 Å². The van der Waals surface area contributed by atoms with Crippen LogP contribution in [0.3, 0.4) is 0 Å². The van der Waals surface area contributed by atoms with E-state index in [-0.39, 0.29) is 6.61 Å². The number of imide groups is 1. The summed E-state index contributed by atoms with van der Waals surface area (Å²) in [6.07, 6.45) is 3.79. The lowest BCUT2D eigenvalue weighted by molar-refractivity contribution is -0.122. The van der Waals surface area contributed by atoms with Gasteiger partial charge < -0.3 is 23.7 Å². The summed E-state index contributed by atoms with van der Waals surface area (Å²) < 4.78 is 15.3. The van der Waals surface area contributed by atoms with E-state index in [9.17, 15) is 14.7 Å². The van der Waals surface area contributed by atoms with Crippen LogP contribution in [0.15, 0.2) is 73.1 Å². The molecule has 0 fully saturated rings. The van der Waals surface area contributed by atoms with Gasteiger partial charge in [0.1, 0.15) is 11.5 Å². The number of para-hydroxylation sites is 2. The molecule has 0 bridgehead atoms. The molecule has 3 aromatic carbocycles. The number of aliphatic hydroxyl groups excluding tert-OH is 1. The summed E-state index contributed by atoms with van der Waals surface area (Å²) in [7, 11) is 5.08. The molecule has 8 heteroatoms. The first-order valence-corrected chi connectivity index (χ1v) is 12.5. The fourth-order valence-corrected chi connectivity index (χ4v) is 5.64. The van der Waals surface area contributed by atoms with E-state index < -0.39 is 11.8 Å². The maximum atomic E-state index is 13.3. The number of benzene rings is 3. The first-order valence-electron chi connectivity index (χ1n) is 12.5. The van der Waals surface area contributed by atoms with Gasteiger partial charge in [-0.1, -0.05) is 36.4 Å². The number of carbonyl (C=O) groups excluding carboxylic acids is 2. The van der Waals surface area contributed by atoms with Crippen molar-refractivity contribution in [2.75, 3.05) is 14.2 Å². The molecule has 0 radical (unpaired) electrons. The van der Waals surface area contributed by atoms with Crippen molar-refractivity contribution in [3.63, 3.8) is 0 Å². The SMILES string of the molecule is COc1ccc(CO)c(OC)c1Cn1cc(C2=C(c3cn(C)c4ccccc34)C(=O)NC2=O)c2ccccc21. The molecule has 8 nitrogen and oxygen atoms in total. The predicted molar refractivity (Wildman–Crippen MR) is 149 cm³/mol. The minimum Gasteiger partial charge on any atom is -0.496 e. The van der Waals surface area contributed by atoms with Crippen LogP contribution in [0.1, 0.15) is 22.3 Å². The summed E-state index contributed by atoms with van der Waals surface area (Å²) in [6, 6.07) is 19.2. The molecule has 2 amide bonds. The van der Waals surface area contributed by atoms with Crippen LogP contribution in [-0.2, 0) is 29.8 Å². The van der Waals surface area contributed by atoms with Crippen molar-refractivity contribution >= 4 is 44.8 Å². The highest BCUT2D eigenvalue weighted by Crippen LogP contribution is 2.40. The van der Waals surface area contributed by atoms with Crippen molar-refractivity contribution in [3.05, 3.63) is 95.3 Å². The first-order chi connectivity index (χ1) is 19.0. The largest absolute Gasteiger partial charge is 0.496 e. The molecule has 2 aromatic heterocycles. The number of carbonyl (C=O) groups is 2. The minimum atomic E-state index is -0.428. The lowest BCUT2D eigenvalue weighted by Gasteiger charge is -2.17. The van der Waals surface area contributed by atoms with E-state index in [1.165, 1.54) is 0 Å². The van der Waals surface area contributed by atoms with Crippen LogP contribution >= 0.6 is 0 Å². The summed E-state index contributed by atoms with van der Waals surface area (Å²) in [5, 5.41) is 14.1. The average molecular weight is 522 g/mol. The number of aromatic nitrogens is 2. The number of hydrogen-bond acceptors (Lipinski definition) is 5. The van der Waals surface area contributed by atoms with Crippen LogP contribution in [0.2, 0.25) is 0 Å². The maximum Gasteiger partial charge on any atom is 0.259 e. The molecule has 3 heterocycles. The van der Waals surface area contributed by atoms with Crippen molar-refractivity contribution in [2.45, 2.75) is 13.2 Å². The Kier molecular flexibility index (Phi) is 5.96. The number of aryl methyl sites for hydroxylation is 1. The zero-order chi connectivity index (χ0) is 27.3. The van der Waals surface area contributed by atoms with Gasteiger partial charge in [0, 0.05) is 57.9 Å². The minimum absolute atomic E-state index is 0.179. The standard InChI is InChI=1S/C31H27N3O5/c1-33-14-21(19-8-4-6-10-24(19)33)27-28(31(37)32-30(27)36)22-15-34(25-11-7-5-9-20(22)25)16-23-26(38-2)13-12-18(17-35)29(23)39-3/h4-15,35H,16-17H2,1-3H3,(H,32,36,37). The Hall–Kier alpha value is -4.82. The van der Waals surface area contributed by atoms with Crippen LogP contribution in [0.25, 0.3) is 33.0 Å². The smallest absolute Gasteiger partial charge is 0.259 e. The Morgan fingerprint density at radius 2 is 1.41 bits per heavy atom. The van der Waals surface area contributed by atoms with Crippen molar-refractivity contribution < 1.29 is 24.2 Å². The van der Waals surface area contributed by atoms with Gasteiger partial charge in [0.2, 0.25) is 0 Å². The van der Waals surface area contributed by atoms with Gasteiger partial charge in [-0.2, -0.15) is 0 Å². The number of methoxy groups -OCH3 is 2. The van der Waals surface area contributed by atoms with Crippen LogP contribution in [0.4, 0.5) is 0 Å². The van der Waals surface area contributed by atoms with Crippen LogP contribution in [-0.4, -0.2) is 40.3 Å². The van der Waals surface area contributed by atoms with Gasteiger partial charge in [-0.25, -0.2) is 0 Å². The summed E-state index contributed by atoms with van der Waals surface area (Å²) in [6.45, 7) is 0.175. The second-order valence-electron chi connectivity index (χ2n) is 9.49. The van der Waals surface area contributed by atoms with E-state index in [1.807, 2.05) is 77.1 Å². The molecule has 0 unspecified atom stereocenters. The molecule has 1 aliphatic heterocycles. The first kappa shape index (κ1) is 24.5. The topological polar surface area (TPSA) is 94.7 Å². The lowest BCUT2D eigenvalue weighted by Crippen LogP contribution is -2.22. The van der Waals surface area contributed by atoms with Crippen molar-refractivity contribution in [1.82, 2.24) is 14.5 Å². The Morgan fingerprint density at radius 1 is 0.795 bits per heavy atom. The Balaban J connectivity index is 1.59. The predicted octanol–water partition coefficient (Wildman–Crippen LogP) is 4.26. The van der Waals surface area contributed by atoms with Gasteiger partial charge in [-0.3, -0.25) is 14.9 Å². The van der Waals surface area contributed by atoms with Crippen molar-refractivity contribution in [1.29, 1.82) is 0 Å². The fraction of sp³-hybridized carbons (Fsp3) is 0.161. The molecule has 0 spiro atoms. The Morgan fingerprint density at radius 3 is 2.05 bits per heavy atom. The molecule has 196 valence electrons. The summed E-state index contributed by atoms with van der Waals surface area (Å²) in [4.78, 5) is 26.6. The highest BCUT2D eigenvalue weighted by atomic mass is 16.5. The Labute approximate surface area is 224 Å². The number of amides is 2. The highest BCUT2D eigenvalue weighted by Gasteiger charge is 2.35. The quantitative estimate of drug-likeness (QED) is 0.312.